The number of halogens is 1. The maximum absolute atomic E-state index is 10.9. The van der Waals surface area contributed by atoms with Gasteiger partial charge in [-0.3, -0.25) is 0 Å². The fourth-order valence-corrected chi connectivity index (χ4v) is 3.65. The Labute approximate surface area is 122 Å². The van der Waals surface area contributed by atoms with Crippen molar-refractivity contribution in [1.29, 1.82) is 0 Å². The molecule has 0 fully saturated rings. The summed E-state index contributed by atoms with van der Waals surface area (Å²) in [5.74, 6) is -0.0416. The Hall–Kier alpha value is -0.780. The van der Waals surface area contributed by atoms with Gasteiger partial charge in [0.2, 0.25) is 0 Å². The van der Waals surface area contributed by atoms with E-state index in [1.807, 2.05) is 19.1 Å². The third-order valence-corrected chi connectivity index (χ3v) is 5.11. The number of hydrogen-bond donors (Lipinski definition) is 1. The maximum atomic E-state index is 10.9. The first-order valence-corrected chi connectivity index (χ1v) is 7.87. The summed E-state index contributed by atoms with van der Waals surface area (Å²) in [5.41, 5.74) is 1.10. The van der Waals surface area contributed by atoms with Crippen molar-refractivity contribution in [2.75, 3.05) is 0 Å². The van der Waals surface area contributed by atoms with Gasteiger partial charge in [-0.1, -0.05) is 15.9 Å². The monoisotopic (exact) mass is 342 g/mol. The van der Waals surface area contributed by atoms with Gasteiger partial charge in [0.05, 0.1) is 0 Å². The highest BCUT2D eigenvalue weighted by molar-refractivity contribution is 9.10. The third-order valence-electron chi connectivity index (χ3n) is 2.44. The number of thiophene rings is 1. The molecule has 0 spiro atoms. The zero-order valence-electron chi connectivity index (χ0n) is 9.64. The molecule has 18 heavy (non-hydrogen) atoms. The number of benzene rings is 1. The highest BCUT2D eigenvalue weighted by Crippen LogP contribution is 2.29. The van der Waals surface area contributed by atoms with Crippen molar-refractivity contribution in [3.63, 3.8) is 0 Å². The molecule has 5 heteroatoms. The number of rotatable bonds is 4. The Morgan fingerprint density at radius 2 is 2.06 bits per heavy atom. The van der Waals surface area contributed by atoms with Crippen LogP contribution in [0.3, 0.4) is 0 Å². The lowest BCUT2D eigenvalue weighted by Gasteiger charge is -2.01. The molecule has 1 aromatic heterocycles. The number of carbonyl (C=O) groups is 1. The molecule has 0 aliphatic heterocycles. The second kappa shape index (κ2) is 5.91. The normalized spacial score (nSPS) is 10.6. The molecule has 0 bridgehead atoms. The van der Waals surface area contributed by atoms with Gasteiger partial charge in [0.25, 0.3) is 0 Å². The van der Waals surface area contributed by atoms with Crippen LogP contribution < -0.4 is 0 Å². The van der Waals surface area contributed by atoms with Gasteiger partial charge in [0.1, 0.15) is 4.88 Å². The first-order chi connectivity index (χ1) is 8.56. The van der Waals surface area contributed by atoms with Crippen molar-refractivity contribution in [2.45, 2.75) is 17.6 Å². The van der Waals surface area contributed by atoms with Gasteiger partial charge in [0, 0.05) is 20.0 Å². The second-order valence-electron chi connectivity index (χ2n) is 3.74. The standard InChI is InChI=1S/C13H11BrO2S2/c1-8-9(6-12(18-8)13(15)16)7-17-11-4-2-10(14)3-5-11/h2-6H,7H2,1H3,(H,15,16). The fourth-order valence-electron chi connectivity index (χ4n) is 1.46. The summed E-state index contributed by atoms with van der Waals surface area (Å²) in [7, 11) is 0. The number of carboxylic acid groups (broad SMARTS) is 1. The summed E-state index contributed by atoms with van der Waals surface area (Å²) in [6.07, 6.45) is 0. The molecule has 1 N–H and O–H groups in total. The van der Waals surface area contributed by atoms with Crippen molar-refractivity contribution in [3.8, 4) is 0 Å². The van der Waals surface area contributed by atoms with Crippen LogP contribution in [0.25, 0.3) is 0 Å². The van der Waals surface area contributed by atoms with Crippen LogP contribution in [0.5, 0.6) is 0 Å². The van der Waals surface area contributed by atoms with Crippen molar-refractivity contribution in [3.05, 3.63) is 50.1 Å². The number of aryl methyl sites for hydroxylation is 1. The molecular weight excluding hydrogens is 332 g/mol. The largest absolute Gasteiger partial charge is 0.477 e. The summed E-state index contributed by atoms with van der Waals surface area (Å²) in [4.78, 5) is 13.6. The molecule has 0 atom stereocenters. The lowest BCUT2D eigenvalue weighted by Crippen LogP contribution is -1.90. The first-order valence-electron chi connectivity index (χ1n) is 5.27. The third kappa shape index (κ3) is 3.37. The van der Waals surface area contributed by atoms with Crippen molar-refractivity contribution >= 4 is 45.0 Å². The van der Waals surface area contributed by atoms with E-state index >= 15 is 0 Å². The Bertz CT molecular complexity index is 561. The minimum atomic E-state index is -0.844. The Kier molecular flexibility index (Phi) is 4.48. The zero-order chi connectivity index (χ0) is 13.1. The van der Waals surface area contributed by atoms with Crippen LogP contribution in [0.4, 0.5) is 0 Å². The summed E-state index contributed by atoms with van der Waals surface area (Å²) in [6, 6.07) is 9.88. The highest BCUT2D eigenvalue weighted by Gasteiger charge is 2.11. The molecule has 0 aliphatic carbocycles. The Morgan fingerprint density at radius 3 is 2.61 bits per heavy atom. The van der Waals surface area contributed by atoms with Crippen LogP contribution in [0.2, 0.25) is 0 Å². The molecule has 0 unspecified atom stereocenters. The van der Waals surface area contributed by atoms with Crippen LogP contribution in [0, 0.1) is 6.92 Å². The topological polar surface area (TPSA) is 37.3 Å². The molecular formula is C13H11BrO2S2. The van der Waals surface area contributed by atoms with E-state index in [2.05, 4.69) is 28.1 Å². The van der Waals surface area contributed by atoms with E-state index in [1.165, 1.54) is 16.2 Å². The molecule has 94 valence electrons. The second-order valence-corrected chi connectivity index (χ2v) is 6.96. The first kappa shape index (κ1) is 13.6. The van der Waals surface area contributed by atoms with Gasteiger partial charge < -0.3 is 5.11 Å². The van der Waals surface area contributed by atoms with Gasteiger partial charge >= 0.3 is 5.97 Å². The zero-order valence-corrected chi connectivity index (χ0v) is 12.9. The molecule has 0 aliphatic rings. The van der Waals surface area contributed by atoms with Gasteiger partial charge in [-0.05, 0) is 42.8 Å². The van der Waals surface area contributed by atoms with E-state index in [4.69, 9.17) is 5.11 Å². The van der Waals surface area contributed by atoms with Crippen molar-refractivity contribution in [1.82, 2.24) is 0 Å². The van der Waals surface area contributed by atoms with E-state index < -0.39 is 5.97 Å². The maximum Gasteiger partial charge on any atom is 0.345 e. The van der Waals surface area contributed by atoms with Crippen LogP contribution in [0.1, 0.15) is 20.1 Å². The molecule has 1 aromatic carbocycles. The van der Waals surface area contributed by atoms with Crippen molar-refractivity contribution in [2.24, 2.45) is 0 Å². The summed E-state index contributed by atoms with van der Waals surface area (Å²) >= 11 is 6.45. The minimum absolute atomic E-state index is 0.416. The summed E-state index contributed by atoms with van der Waals surface area (Å²) < 4.78 is 1.06. The van der Waals surface area contributed by atoms with Crippen LogP contribution in [-0.4, -0.2) is 11.1 Å². The molecule has 0 saturated carbocycles. The number of thioether (sulfide) groups is 1. The number of hydrogen-bond acceptors (Lipinski definition) is 3. The lowest BCUT2D eigenvalue weighted by atomic mass is 10.3. The van der Waals surface area contributed by atoms with Gasteiger partial charge in [-0.25, -0.2) is 4.79 Å². The average Bonchev–Trinajstić information content (AvgIpc) is 2.70. The van der Waals surface area contributed by atoms with E-state index in [-0.39, 0.29) is 0 Å². The van der Waals surface area contributed by atoms with Crippen LogP contribution in [-0.2, 0) is 5.75 Å². The molecule has 2 rings (SSSR count). The van der Waals surface area contributed by atoms with E-state index in [0.29, 0.717) is 4.88 Å². The SMILES string of the molecule is Cc1sc(C(=O)O)cc1CSc1ccc(Br)cc1. The molecule has 1 heterocycles. The lowest BCUT2D eigenvalue weighted by molar-refractivity contribution is 0.0702. The van der Waals surface area contributed by atoms with E-state index in [0.717, 1.165) is 20.7 Å². The quantitative estimate of drug-likeness (QED) is 0.810. The Morgan fingerprint density at radius 1 is 1.39 bits per heavy atom. The predicted molar refractivity (Wildman–Crippen MR) is 79.7 cm³/mol. The minimum Gasteiger partial charge on any atom is -0.477 e. The van der Waals surface area contributed by atoms with E-state index in [1.54, 1.807) is 17.8 Å². The fraction of sp³-hybridized carbons (Fsp3) is 0.154. The Balaban J connectivity index is 2.06. The number of carboxylic acids is 1. The molecule has 0 saturated heterocycles. The molecule has 0 radical (unpaired) electrons. The number of aromatic carboxylic acids is 1. The van der Waals surface area contributed by atoms with Crippen molar-refractivity contribution < 1.29 is 9.90 Å². The van der Waals surface area contributed by atoms with Crippen LogP contribution >= 0.6 is 39.0 Å². The van der Waals surface area contributed by atoms with Crippen LogP contribution in [0.15, 0.2) is 39.7 Å². The average molecular weight is 343 g/mol. The molecule has 0 amide bonds. The smallest absolute Gasteiger partial charge is 0.345 e. The van der Waals surface area contributed by atoms with Gasteiger partial charge in [-0.15, -0.1) is 23.1 Å². The van der Waals surface area contributed by atoms with E-state index in [9.17, 15) is 4.79 Å². The summed E-state index contributed by atoms with van der Waals surface area (Å²) in [6.45, 7) is 1.97. The van der Waals surface area contributed by atoms with Gasteiger partial charge in [0.15, 0.2) is 0 Å². The summed E-state index contributed by atoms with van der Waals surface area (Å²) in [5, 5.41) is 8.94. The van der Waals surface area contributed by atoms with Gasteiger partial charge in [-0.2, -0.15) is 0 Å². The highest BCUT2D eigenvalue weighted by atomic mass is 79.9. The predicted octanol–water partition coefficient (Wildman–Crippen LogP) is 4.81. The molecule has 2 aromatic rings. The molecule has 2 nitrogen and oxygen atoms in total.